The molecule has 1 heterocycles. The zero-order valence-electron chi connectivity index (χ0n) is 12.4. The van der Waals surface area contributed by atoms with E-state index in [-0.39, 0.29) is 17.8 Å². The second-order valence-electron chi connectivity index (χ2n) is 5.95. The van der Waals surface area contributed by atoms with E-state index in [1.165, 1.54) is 17.8 Å². The van der Waals surface area contributed by atoms with E-state index in [0.29, 0.717) is 5.56 Å². The molecule has 0 saturated heterocycles. The number of nitrogens with zero attached hydrogens (tertiary/aromatic N) is 2. The van der Waals surface area contributed by atoms with Crippen LogP contribution in [0.4, 0.5) is 0 Å². The molecule has 0 aliphatic rings. The molecule has 0 aromatic carbocycles. The molecule has 0 amide bonds. The van der Waals surface area contributed by atoms with E-state index in [4.69, 9.17) is 0 Å². The molecule has 6 heteroatoms. The van der Waals surface area contributed by atoms with Gasteiger partial charge in [0, 0.05) is 37.9 Å². The van der Waals surface area contributed by atoms with E-state index >= 15 is 0 Å². The van der Waals surface area contributed by atoms with Crippen LogP contribution in [0.15, 0.2) is 15.8 Å². The minimum absolute atomic E-state index is 0.289. The van der Waals surface area contributed by atoms with Gasteiger partial charge in [0.15, 0.2) is 0 Å². The van der Waals surface area contributed by atoms with Gasteiger partial charge in [0.2, 0.25) is 0 Å². The van der Waals surface area contributed by atoms with Gasteiger partial charge in [-0.2, -0.15) is 0 Å². The molecule has 2 N–H and O–H groups in total. The maximum absolute atomic E-state index is 12.0. The summed E-state index contributed by atoms with van der Waals surface area (Å²) in [5, 5.41) is 13.2. The summed E-state index contributed by atoms with van der Waals surface area (Å²) < 4.78 is 2.45. The molecule has 1 aromatic rings. The van der Waals surface area contributed by atoms with E-state index in [9.17, 15) is 14.7 Å². The third kappa shape index (κ3) is 3.13. The molecule has 0 aliphatic heterocycles. The number of rotatable bonds is 4. The van der Waals surface area contributed by atoms with Gasteiger partial charge in [-0.3, -0.25) is 9.36 Å². The maximum Gasteiger partial charge on any atom is 0.330 e. The molecule has 108 valence electrons. The smallest absolute Gasteiger partial charge is 0.330 e. The first-order valence-corrected chi connectivity index (χ1v) is 6.20. The Bertz CT molecular complexity index is 576. The normalized spacial score (nSPS) is 12.8. The fraction of sp³-hybridized carbons (Fsp3) is 0.692. The number of aromatic nitrogens is 2. The quantitative estimate of drug-likeness (QED) is 0.788. The van der Waals surface area contributed by atoms with Gasteiger partial charge in [0.05, 0.1) is 5.60 Å². The number of nitrogens with one attached hydrogen (secondary N) is 1. The Kier molecular flexibility index (Phi) is 4.07. The molecule has 0 fully saturated rings. The van der Waals surface area contributed by atoms with Crippen molar-refractivity contribution >= 4 is 0 Å². The standard InChI is InChI=1S/C13H23N3O3/c1-12(2,13(3,4)19)14-7-9-8-15(5)11(18)16(6)10(9)17/h8,14,19H,7H2,1-6H3. The highest BCUT2D eigenvalue weighted by atomic mass is 16.3. The van der Waals surface area contributed by atoms with E-state index in [1.54, 1.807) is 20.9 Å². The van der Waals surface area contributed by atoms with Crippen LogP contribution in [-0.2, 0) is 20.6 Å². The van der Waals surface area contributed by atoms with Gasteiger partial charge in [-0.15, -0.1) is 0 Å². The molecule has 19 heavy (non-hydrogen) atoms. The summed E-state index contributed by atoms with van der Waals surface area (Å²) in [6.45, 7) is 7.42. The average molecular weight is 269 g/mol. The monoisotopic (exact) mass is 269 g/mol. The first-order valence-electron chi connectivity index (χ1n) is 6.20. The van der Waals surface area contributed by atoms with Gasteiger partial charge in [0.1, 0.15) is 0 Å². The van der Waals surface area contributed by atoms with Crippen molar-refractivity contribution in [1.29, 1.82) is 0 Å². The van der Waals surface area contributed by atoms with Crippen LogP contribution in [0.2, 0.25) is 0 Å². The Hall–Kier alpha value is -1.40. The first kappa shape index (κ1) is 15.7. The van der Waals surface area contributed by atoms with Crippen molar-refractivity contribution in [3.05, 3.63) is 32.6 Å². The lowest BCUT2D eigenvalue weighted by Gasteiger charge is -2.38. The fourth-order valence-corrected chi connectivity index (χ4v) is 1.54. The minimum atomic E-state index is -0.932. The highest BCUT2D eigenvalue weighted by Gasteiger charge is 2.34. The highest BCUT2D eigenvalue weighted by Crippen LogP contribution is 2.20. The molecule has 0 unspecified atom stereocenters. The molecule has 0 saturated carbocycles. The van der Waals surface area contributed by atoms with Crippen LogP contribution in [-0.4, -0.2) is 25.4 Å². The van der Waals surface area contributed by atoms with E-state index in [1.807, 2.05) is 13.8 Å². The lowest BCUT2D eigenvalue weighted by Crippen LogP contribution is -2.56. The molecule has 6 nitrogen and oxygen atoms in total. The molecule has 0 bridgehead atoms. The SMILES string of the molecule is Cn1cc(CNC(C)(C)C(C)(C)O)c(=O)n(C)c1=O. The van der Waals surface area contributed by atoms with Crippen LogP contribution >= 0.6 is 0 Å². The van der Waals surface area contributed by atoms with E-state index in [0.717, 1.165) is 4.57 Å². The van der Waals surface area contributed by atoms with Crippen molar-refractivity contribution < 1.29 is 5.11 Å². The van der Waals surface area contributed by atoms with Crippen molar-refractivity contribution in [1.82, 2.24) is 14.5 Å². The highest BCUT2D eigenvalue weighted by molar-refractivity contribution is 5.07. The van der Waals surface area contributed by atoms with Crippen LogP contribution in [0, 0.1) is 0 Å². The topological polar surface area (TPSA) is 76.3 Å². The van der Waals surface area contributed by atoms with Crippen LogP contribution in [0.25, 0.3) is 0 Å². The van der Waals surface area contributed by atoms with Gasteiger partial charge in [-0.1, -0.05) is 0 Å². The summed E-state index contributed by atoms with van der Waals surface area (Å²) in [7, 11) is 3.06. The van der Waals surface area contributed by atoms with E-state index in [2.05, 4.69) is 5.32 Å². The molecular formula is C13H23N3O3. The van der Waals surface area contributed by atoms with Gasteiger partial charge in [0.25, 0.3) is 5.56 Å². The first-order chi connectivity index (χ1) is 8.47. The largest absolute Gasteiger partial charge is 0.389 e. The van der Waals surface area contributed by atoms with Crippen LogP contribution < -0.4 is 16.6 Å². The van der Waals surface area contributed by atoms with Crippen LogP contribution in [0.1, 0.15) is 33.3 Å². The summed E-state index contributed by atoms with van der Waals surface area (Å²) >= 11 is 0. The molecule has 0 radical (unpaired) electrons. The predicted octanol–water partition coefficient (Wildman–Crippen LogP) is -0.277. The summed E-state index contributed by atoms with van der Waals surface area (Å²) in [5.41, 5.74) is -1.68. The molecule has 0 spiro atoms. The maximum atomic E-state index is 12.0. The fourth-order valence-electron chi connectivity index (χ4n) is 1.54. The molecule has 0 aliphatic carbocycles. The summed E-state index contributed by atoms with van der Waals surface area (Å²) in [4.78, 5) is 23.5. The van der Waals surface area contributed by atoms with Gasteiger partial charge in [-0.05, 0) is 27.7 Å². The molecule has 1 rings (SSSR count). The minimum Gasteiger partial charge on any atom is -0.389 e. The Morgan fingerprint density at radius 1 is 1.21 bits per heavy atom. The lowest BCUT2D eigenvalue weighted by molar-refractivity contribution is -0.00540. The van der Waals surface area contributed by atoms with Gasteiger partial charge in [-0.25, -0.2) is 4.79 Å². The van der Waals surface area contributed by atoms with Gasteiger partial charge >= 0.3 is 5.69 Å². The molecule has 1 aromatic heterocycles. The molecule has 0 atom stereocenters. The average Bonchev–Trinajstić information content (AvgIpc) is 2.28. The van der Waals surface area contributed by atoms with Crippen molar-refractivity contribution in [2.24, 2.45) is 14.1 Å². The van der Waals surface area contributed by atoms with Crippen molar-refractivity contribution in [3.8, 4) is 0 Å². The Morgan fingerprint density at radius 2 is 1.74 bits per heavy atom. The van der Waals surface area contributed by atoms with Crippen molar-refractivity contribution in [2.45, 2.75) is 45.4 Å². The van der Waals surface area contributed by atoms with Crippen LogP contribution in [0.5, 0.6) is 0 Å². The second kappa shape index (κ2) is 4.94. The van der Waals surface area contributed by atoms with Gasteiger partial charge < -0.3 is 15.0 Å². The second-order valence-corrected chi connectivity index (χ2v) is 5.95. The zero-order valence-corrected chi connectivity index (χ0v) is 12.4. The number of hydrogen-bond donors (Lipinski definition) is 2. The van der Waals surface area contributed by atoms with Crippen LogP contribution in [0.3, 0.4) is 0 Å². The van der Waals surface area contributed by atoms with Crippen molar-refractivity contribution in [2.75, 3.05) is 0 Å². The number of aliphatic hydroxyl groups is 1. The van der Waals surface area contributed by atoms with Crippen molar-refractivity contribution in [3.63, 3.8) is 0 Å². The Labute approximate surface area is 112 Å². The van der Waals surface area contributed by atoms with E-state index < -0.39 is 11.1 Å². The number of aryl methyl sites for hydroxylation is 1. The number of hydrogen-bond acceptors (Lipinski definition) is 4. The Morgan fingerprint density at radius 3 is 2.21 bits per heavy atom. The summed E-state index contributed by atoms with van der Waals surface area (Å²) in [6, 6.07) is 0. The Balaban J connectivity index is 3.04. The third-order valence-corrected chi connectivity index (χ3v) is 3.77. The summed E-state index contributed by atoms with van der Waals surface area (Å²) in [6.07, 6.45) is 1.53. The lowest BCUT2D eigenvalue weighted by atomic mass is 9.86. The third-order valence-electron chi connectivity index (χ3n) is 3.77. The summed E-state index contributed by atoms with van der Waals surface area (Å²) in [5.74, 6) is 0. The predicted molar refractivity (Wildman–Crippen MR) is 74.1 cm³/mol. The zero-order chi connectivity index (χ0) is 15.0. The molecular weight excluding hydrogens is 246 g/mol.